The molecule has 0 spiro atoms. The number of fused-ring (bicyclic) bond motifs is 1. The van der Waals surface area contributed by atoms with E-state index in [2.05, 4.69) is 4.99 Å². The molecule has 2 aromatic rings. The van der Waals surface area contributed by atoms with Crippen LogP contribution in [0.5, 0.6) is 0 Å². The van der Waals surface area contributed by atoms with Gasteiger partial charge in [-0.15, -0.1) is 0 Å². The van der Waals surface area contributed by atoms with Gasteiger partial charge in [-0.3, -0.25) is 14.6 Å². The summed E-state index contributed by atoms with van der Waals surface area (Å²) in [5, 5.41) is 9.42. The standard InChI is InChI=1S/C19H17FN2O5S/c1-11-14(9-17(24)25)18-16(21-11)7-6-15(20)19(18)28(26,27)13-5-3-4-12(8-13)22(2)10-23/h3-8,10-11H,9H2,1-2H3,(H,24,25). The Labute approximate surface area is 160 Å². The Morgan fingerprint density at radius 2 is 2.04 bits per heavy atom. The van der Waals surface area contributed by atoms with Crippen molar-refractivity contribution in [2.75, 3.05) is 11.9 Å². The van der Waals surface area contributed by atoms with Gasteiger partial charge in [0.2, 0.25) is 16.2 Å². The molecular weight excluding hydrogens is 387 g/mol. The lowest BCUT2D eigenvalue weighted by Crippen LogP contribution is -2.32. The van der Waals surface area contributed by atoms with Crippen molar-refractivity contribution in [2.24, 2.45) is 4.99 Å². The van der Waals surface area contributed by atoms with E-state index in [4.69, 9.17) is 0 Å². The maximum atomic E-state index is 14.7. The number of benzene rings is 2. The van der Waals surface area contributed by atoms with Crippen molar-refractivity contribution < 1.29 is 27.5 Å². The first-order chi connectivity index (χ1) is 13.2. The fourth-order valence-electron chi connectivity index (χ4n) is 3.17. The molecular formula is C19H17FN2O5S. The molecule has 146 valence electrons. The SMILES string of the molecule is CC1N=c2ccc(F)c(S(=O)(=O)c3cccc(N(C)C=O)c3)c2=C1CC(=O)O. The highest BCUT2D eigenvalue weighted by Gasteiger charge is 2.29. The fraction of sp³-hybridized carbons (Fsp3) is 0.211. The Morgan fingerprint density at radius 3 is 2.68 bits per heavy atom. The van der Waals surface area contributed by atoms with Gasteiger partial charge in [0, 0.05) is 18.0 Å². The van der Waals surface area contributed by atoms with Crippen LogP contribution in [0.15, 0.2) is 51.2 Å². The van der Waals surface area contributed by atoms with Gasteiger partial charge >= 0.3 is 5.97 Å². The van der Waals surface area contributed by atoms with Crippen LogP contribution in [0.2, 0.25) is 0 Å². The number of hydrogen-bond donors (Lipinski definition) is 1. The minimum Gasteiger partial charge on any atom is -0.481 e. The largest absolute Gasteiger partial charge is 0.481 e. The van der Waals surface area contributed by atoms with Crippen molar-refractivity contribution in [3.63, 3.8) is 0 Å². The molecule has 0 aliphatic carbocycles. The Bertz CT molecular complexity index is 1210. The van der Waals surface area contributed by atoms with Crippen molar-refractivity contribution >= 4 is 33.5 Å². The lowest BCUT2D eigenvalue weighted by Gasteiger charge is -2.13. The minimum absolute atomic E-state index is 0.00375. The van der Waals surface area contributed by atoms with Crippen LogP contribution in [-0.2, 0) is 19.4 Å². The Hall–Kier alpha value is -3.07. The summed E-state index contributed by atoms with van der Waals surface area (Å²) >= 11 is 0. The van der Waals surface area contributed by atoms with Gasteiger partial charge in [-0.25, -0.2) is 12.8 Å². The molecule has 1 atom stereocenters. The molecule has 1 unspecified atom stereocenters. The zero-order valence-electron chi connectivity index (χ0n) is 15.1. The summed E-state index contributed by atoms with van der Waals surface area (Å²) in [5.41, 5.74) is 0.554. The minimum atomic E-state index is -4.34. The number of anilines is 1. The van der Waals surface area contributed by atoms with Crippen LogP contribution in [-0.4, -0.2) is 39.0 Å². The molecule has 7 nitrogen and oxygen atoms in total. The number of carboxylic acid groups (broad SMARTS) is 1. The third-order valence-corrected chi connectivity index (χ3v) is 6.36. The van der Waals surface area contributed by atoms with E-state index in [-0.39, 0.29) is 21.0 Å². The van der Waals surface area contributed by atoms with Crippen molar-refractivity contribution in [3.8, 4) is 0 Å². The van der Waals surface area contributed by atoms with Gasteiger partial charge in [-0.2, -0.15) is 0 Å². The molecule has 1 aliphatic heterocycles. The van der Waals surface area contributed by atoms with E-state index < -0.39 is 39.0 Å². The summed E-state index contributed by atoms with van der Waals surface area (Å²) in [6.45, 7) is 1.63. The number of nitrogens with zero attached hydrogens (tertiary/aromatic N) is 2. The van der Waals surface area contributed by atoms with Crippen LogP contribution in [0, 0.1) is 5.82 Å². The molecule has 1 aliphatic rings. The third kappa shape index (κ3) is 3.29. The van der Waals surface area contributed by atoms with Gasteiger partial charge in [0.1, 0.15) is 10.7 Å². The topological polar surface area (TPSA) is 104 Å². The summed E-state index contributed by atoms with van der Waals surface area (Å²) < 4.78 is 41.3. The highest BCUT2D eigenvalue weighted by molar-refractivity contribution is 7.91. The average molecular weight is 404 g/mol. The zero-order valence-corrected chi connectivity index (χ0v) is 15.9. The van der Waals surface area contributed by atoms with E-state index in [0.717, 1.165) is 6.07 Å². The summed E-state index contributed by atoms with van der Waals surface area (Å²) in [4.78, 5) is 26.9. The van der Waals surface area contributed by atoms with Crippen molar-refractivity contribution in [1.82, 2.24) is 0 Å². The van der Waals surface area contributed by atoms with Gasteiger partial charge in [-0.05, 0) is 42.8 Å². The molecule has 1 amide bonds. The number of amides is 1. The number of rotatable bonds is 6. The van der Waals surface area contributed by atoms with Crippen LogP contribution in [0.1, 0.15) is 13.3 Å². The number of sulfone groups is 1. The normalized spacial score (nSPS) is 15.7. The number of hydrogen-bond acceptors (Lipinski definition) is 5. The van der Waals surface area contributed by atoms with E-state index in [1.165, 1.54) is 36.2 Å². The van der Waals surface area contributed by atoms with Crippen LogP contribution < -0.4 is 15.5 Å². The van der Waals surface area contributed by atoms with Crippen molar-refractivity contribution in [2.45, 2.75) is 29.2 Å². The van der Waals surface area contributed by atoms with Crippen LogP contribution >= 0.6 is 0 Å². The molecule has 0 bridgehead atoms. The maximum absolute atomic E-state index is 14.7. The second-order valence-corrected chi connectivity index (χ2v) is 8.28. The quantitative estimate of drug-likeness (QED) is 0.721. The third-order valence-electron chi connectivity index (χ3n) is 4.55. The van der Waals surface area contributed by atoms with Crippen LogP contribution in [0.4, 0.5) is 10.1 Å². The molecule has 3 rings (SSSR count). The summed E-state index contributed by atoms with van der Waals surface area (Å²) in [6.07, 6.45) is 0.0728. The first-order valence-electron chi connectivity index (χ1n) is 8.31. The highest BCUT2D eigenvalue weighted by atomic mass is 32.2. The van der Waals surface area contributed by atoms with Crippen molar-refractivity contribution in [3.05, 3.63) is 52.8 Å². The van der Waals surface area contributed by atoms with Gasteiger partial charge in [0.05, 0.1) is 22.7 Å². The Kier molecular flexibility index (Phi) is 5.03. The van der Waals surface area contributed by atoms with Crippen LogP contribution in [0.3, 0.4) is 0 Å². The monoisotopic (exact) mass is 404 g/mol. The average Bonchev–Trinajstić information content (AvgIpc) is 2.95. The number of carboxylic acids is 1. The van der Waals surface area contributed by atoms with E-state index in [9.17, 15) is 27.5 Å². The number of halogens is 1. The smallest absolute Gasteiger partial charge is 0.307 e. The molecule has 0 saturated carbocycles. The van der Waals surface area contributed by atoms with Gasteiger partial charge in [0.25, 0.3) is 0 Å². The number of aliphatic carboxylic acids is 1. The fourth-order valence-corrected chi connectivity index (χ4v) is 4.77. The molecule has 0 saturated heterocycles. The van der Waals surface area contributed by atoms with Crippen LogP contribution in [0.25, 0.3) is 5.57 Å². The summed E-state index contributed by atoms with van der Waals surface area (Å²) in [5.74, 6) is -2.15. The predicted molar refractivity (Wildman–Crippen MR) is 98.7 cm³/mol. The molecule has 1 N–H and O–H groups in total. The second kappa shape index (κ2) is 7.16. The van der Waals surface area contributed by atoms with E-state index >= 15 is 0 Å². The van der Waals surface area contributed by atoms with Gasteiger partial charge in [0.15, 0.2) is 0 Å². The van der Waals surface area contributed by atoms with Gasteiger partial charge in [-0.1, -0.05) is 6.07 Å². The lowest BCUT2D eigenvalue weighted by atomic mass is 10.0. The highest BCUT2D eigenvalue weighted by Crippen LogP contribution is 2.25. The summed E-state index contributed by atoms with van der Waals surface area (Å²) in [7, 11) is -2.89. The molecule has 0 radical (unpaired) electrons. The zero-order chi connectivity index (χ0) is 20.6. The first-order valence-corrected chi connectivity index (χ1v) is 9.79. The maximum Gasteiger partial charge on any atom is 0.307 e. The molecule has 9 heteroatoms. The van der Waals surface area contributed by atoms with E-state index in [1.54, 1.807) is 13.0 Å². The Morgan fingerprint density at radius 1 is 1.32 bits per heavy atom. The van der Waals surface area contributed by atoms with E-state index in [0.29, 0.717) is 12.1 Å². The van der Waals surface area contributed by atoms with Crippen molar-refractivity contribution in [1.29, 1.82) is 0 Å². The predicted octanol–water partition coefficient (Wildman–Crippen LogP) is 0.898. The molecule has 0 aromatic heterocycles. The lowest BCUT2D eigenvalue weighted by molar-refractivity contribution is -0.135. The number of carbonyl (C=O) groups is 2. The molecule has 1 heterocycles. The molecule has 28 heavy (non-hydrogen) atoms. The van der Waals surface area contributed by atoms with Gasteiger partial charge < -0.3 is 10.0 Å². The second-order valence-electron chi connectivity index (χ2n) is 6.39. The Balaban J connectivity index is 2.33. The molecule has 2 aromatic carbocycles. The number of carbonyl (C=O) groups excluding carboxylic acids is 1. The molecule has 0 fully saturated rings. The first kappa shape index (κ1) is 19.7. The summed E-state index contributed by atoms with van der Waals surface area (Å²) in [6, 6.07) is 7.31. The van der Waals surface area contributed by atoms with E-state index in [1.807, 2.05) is 0 Å².